The number of alkyl halides is 3. The van der Waals surface area contributed by atoms with E-state index in [-0.39, 0.29) is 441 Å². The molecular formula is C26H41Ac10Cl3N4O18. The van der Waals surface area contributed by atoms with Crippen LogP contribution in [0.5, 0.6) is 0 Å². The van der Waals surface area contributed by atoms with E-state index in [0.29, 0.717) is 0 Å². The van der Waals surface area contributed by atoms with Crippen molar-refractivity contribution in [2.45, 2.75) is 140 Å². The minimum Gasteiger partial charge on any atom is -0.448 e. The summed E-state index contributed by atoms with van der Waals surface area (Å²) in [7, 11) is 0. The average Bonchev–Trinajstić information content (AvgIpc) is 3.08. The van der Waals surface area contributed by atoms with Crippen LogP contribution in [0.25, 0.3) is 10.4 Å². The number of aliphatic hydroxyl groups excluding tert-OH is 10. The van der Waals surface area contributed by atoms with E-state index in [1.54, 1.807) is 0 Å². The van der Waals surface area contributed by atoms with Gasteiger partial charge in [0.15, 0.2) is 18.9 Å². The number of ether oxygens (including phenoxy) is 8. The molecule has 0 aromatic heterocycles. The Labute approximate surface area is 724 Å². The molecule has 0 aromatic rings. The summed E-state index contributed by atoms with van der Waals surface area (Å²) in [4.78, 5) is 2.74. The van der Waals surface area contributed by atoms with Crippen LogP contribution >= 0.6 is 34.8 Å². The molecule has 324 valence electrons. The van der Waals surface area contributed by atoms with E-state index in [0.717, 1.165) is 0 Å². The Morgan fingerprint density at radius 1 is 0.557 bits per heavy atom. The number of nitrogens with zero attached hydrogens (tertiary/aromatic N) is 3. The van der Waals surface area contributed by atoms with E-state index in [9.17, 15) is 56.6 Å². The van der Waals surface area contributed by atoms with Crippen molar-refractivity contribution < 1.29 is 530 Å². The summed E-state index contributed by atoms with van der Waals surface area (Å²) in [5, 5.41) is 116. The number of hydrogen-bond acceptors (Lipinski definition) is 20. The molecular weight excluding hydrogens is 3030 g/mol. The zero-order chi connectivity index (χ0) is 38.1. The Kier molecular flexibility index (Phi) is 62.4. The van der Waals surface area contributed by atoms with E-state index in [1.165, 1.54) is 13.8 Å². The number of rotatable bonds is 10. The quantitative estimate of drug-likeness (QED) is 0.0248. The molecule has 0 aromatic carbocycles. The topological polar surface area (TPSA) is 349 Å². The van der Waals surface area contributed by atoms with Gasteiger partial charge in [-0.3, -0.25) is 5.41 Å². The van der Waals surface area contributed by atoms with Crippen LogP contribution in [-0.4, -0.2) is 197 Å². The number of nitrogens with one attached hydrogen (secondary N) is 1. The summed E-state index contributed by atoms with van der Waals surface area (Å²) >= 11 is 17.3. The molecule has 20 atom stereocenters. The Hall–Kier alpha value is 13.4. The van der Waals surface area contributed by atoms with Crippen molar-refractivity contribution in [1.82, 2.24) is 0 Å². The van der Waals surface area contributed by atoms with Crippen LogP contribution in [0.2, 0.25) is 0 Å². The third kappa shape index (κ3) is 25.0. The van der Waals surface area contributed by atoms with Crippen LogP contribution in [0.1, 0.15) is 13.8 Å². The molecule has 61 heavy (non-hydrogen) atoms. The Morgan fingerprint density at radius 3 is 1.34 bits per heavy atom. The third-order valence-corrected chi connectivity index (χ3v) is 9.30. The average molecular weight is 3070 g/mol. The van der Waals surface area contributed by atoms with Gasteiger partial charge in [-0.25, -0.2) is 0 Å². The minimum atomic E-state index is -2.47. The second-order valence-electron chi connectivity index (χ2n) is 12.2. The number of halogens is 3. The van der Waals surface area contributed by atoms with E-state index in [2.05, 4.69) is 10.0 Å². The summed E-state index contributed by atoms with van der Waals surface area (Å²) < 4.78 is 43.1. The van der Waals surface area contributed by atoms with Crippen LogP contribution in [0, 0.1) is 446 Å². The van der Waals surface area contributed by atoms with Gasteiger partial charge in [-0.05, 0) is 19.4 Å². The number of azide groups is 1. The Bertz CT molecular complexity index is 1260. The van der Waals surface area contributed by atoms with Crippen molar-refractivity contribution in [1.29, 1.82) is 5.41 Å². The van der Waals surface area contributed by atoms with Crippen molar-refractivity contribution in [3.63, 3.8) is 0 Å². The van der Waals surface area contributed by atoms with Crippen LogP contribution < -0.4 is 0 Å². The molecule has 0 amide bonds. The van der Waals surface area contributed by atoms with Gasteiger partial charge in [0, 0.05) is 446 Å². The van der Waals surface area contributed by atoms with Gasteiger partial charge in [-0.1, -0.05) is 39.9 Å². The minimum absolute atomic E-state index is 0. The molecule has 35 heteroatoms. The molecule has 4 aliphatic rings. The van der Waals surface area contributed by atoms with Gasteiger partial charge >= 0.3 is 0 Å². The van der Waals surface area contributed by atoms with Gasteiger partial charge in [0.1, 0.15) is 85.4 Å². The maximum atomic E-state index is 11.1. The molecule has 9 unspecified atom stereocenters. The first-order valence-corrected chi connectivity index (χ1v) is 16.6. The molecule has 4 fully saturated rings. The predicted octanol–water partition coefficient (Wildman–Crippen LogP) is -4.00. The molecule has 22 nitrogen and oxygen atoms in total. The van der Waals surface area contributed by atoms with E-state index >= 15 is 0 Å². The molecule has 0 saturated carbocycles. The molecule has 4 heterocycles. The zero-order valence-corrected chi connectivity index (χ0v) is 82.2. The molecule has 4 saturated heterocycles. The maximum Gasteiger partial charge on any atom is 0.265 e. The molecule has 4 aliphatic heterocycles. The first-order valence-electron chi connectivity index (χ1n) is 15.5. The zero-order valence-electron chi connectivity index (χ0n) is 32.4. The summed E-state index contributed by atoms with van der Waals surface area (Å²) in [6, 6.07) is -1.79. The molecule has 0 spiro atoms. The monoisotopic (exact) mass is 3070 g/mol. The second kappa shape index (κ2) is 43.2. The number of aliphatic hydroxyl groups is 10. The smallest absolute Gasteiger partial charge is 0.265 e. The molecule has 0 aliphatic carbocycles. The van der Waals surface area contributed by atoms with Crippen LogP contribution in [0.15, 0.2) is 5.11 Å². The second-order valence-corrected chi connectivity index (χ2v) is 14.5. The molecule has 4 rings (SSSR count). The van der Waals surface area contributed by atoms with Gasteiger partial charge in [0.2, 0.25) is 12.2 Å². The predicted molar refractivity (Wildman–Crippen MR) is 165 cm³/mol. The van der Waals surface area contributed by atoms with E-state index in [1.807, 2.05) is 0 Å². The maximum absolute atomic E-state index is 11.1. The van der Waals surface area contributed by atoms with Gasteiger partial charge < -0.3 is 89.0 Å². The van der Waals surface area contributed by atoms with Crippen molar-refractivity contribution in [3.8, 4) is 0 Å². The third-order valence-electron chi connectivity index (χ3n) is 8.79. The molecule has 0 bridgehead atoms. The van der Waals surface area contributed by atoms with Gasteiger partial charge in [0.25, 0.3) is 3.79 Å². The first kappa shape index (κ1) is 88.2. The van der Waals surface area contributed by atoms with Crippen LogP contribution in [0.4, 0.5) is 0 Å². The standard InChI is InChI=1S/C26H41Cl3N4O18.10Ac/c1-5-10(36)13(39)16(42)22(44-5)49-19-9(32-33-31)21(51-25(30)26(27,28)29)47-8(4-35)18(19)48-24-20(15(41)12(38)7(3-34)46-24)50-23-17(43)14(40)11(37)6(2)45-23;;;;;;;;;;/h5-24,30,34-43H,3-4H2,1-2H3;;;;;;;;;;/t5?,6?,7?,8?,9?,10-,11+,12+,13-,14?,15+,16?,17+,18-,19-,20?,21+,22+,23?,24+;;;;;;;;;;/m1........../s1. The SMILES string of the molecule is CC1OC(OC2[C@H](O[C@@H]3C(CO)O[C@@H](OC(=N)C(Cl)(Cl)Cl)C(N=[N+]=[N-])[C@H]3O[C@@H]3OC(C)[C@@H](O)[C@@H](O)C3O)OC(CO)[C@H](O)[C@@H]2O)[C@@H](O)C(O)[C@H]1O.[Ac].[Ac].[Ac].[Ac].[Ac].[Ac].[Ac].[Ac].[Ac].[Ac]. The summed E-state index contributed by atoms with van der Waals surface area (Å²) in [6.45, 7) is 0.814. The summed E-state index contributed by atoms with van der Waals surface area (Å²) in [5.74, 6) is -1.04. The van der Waals surface area contributed by atoms with Gasteiger partial charge in [-0.2, -0.15) is 0 Å². The van der Waals surface area contributed by atoms with Crippen molar-refractivity contribution in [3.05, 3.63) is 10.4 Å². The van der Waals surface area contributed by atoms with Crippen LogP contribution in [-0.2, 0) is 37.9 Å². The summed E-state index contributed by atoms with van der Waals surface area (Å²) in [5.41, 5.74) is 9.50. The van der Waals surface area contributed by atoms with Crippen molar-refractivity contribution >= 4 is 40.7 Å². The van der Waals surface area contributed by atoms with Gasteiger partial charge in [-0.15, -0.1) is 0 Å². The largest absolute Gasteiger partial charge is 0.448 e. The fourth-order valence-corrected chi connectivity index (χ4v) is 5.98. The van der Waals surface area contributed by atoms with Crippen LogP contribution in [0.3, 0.4) is 0 Å². The fourth-order valence-electron chi connectivity index (χ4n) is 5.85. The van der Waals surface area contributed by atoms with Gasteiger partial charge in [0.05, 0.1) is 25.4 Å². The van der Waals surface area contributed by atoms with Crippen molar-refractivity contribution in [2.75, 3.05) is 13.2 Å². The molecule has 11 N–H and O–H groups in total. The first-order chi connectivity index (χ1) is 23.9. The van der Waals surface area contributed by atoms with E-state index in [4.69, 9.17) is 78.1 Å². The van der Waals surface area contributed by atoms with Crippen molar-refractivity contribution in [2.24, 2.45) is 5.11 Å². The summed E-state index contributed by atoms with van der Waals surface area (Å²) in [6.07, 6.45) is -32.8. The fraction of sp³-hybridized carbons (Fsp3) is 0.962. The normalized spacial score (nSPS) is 40.2. The molecule has 10 radical (unpaired) electrons. The Morgan fingerprint density at radius 2 is 0.951 bits per heavy atom. The number of hydrogen-bond donors (Lipinski definition) is 11. The Balaban J connectivity index is -0.000000583. The van der Waals surface area contributed by atoms with E-state index < -0.39 is 146 Å².